The van der Waals surface area contributed by atoms with Gasteiger partial charge >= 0.3 is 0 Å². The zero-order chi connectivity index (χ0) is 17.9. The van der Waals surface area contributed by atoms with Crippen LogP contribution < -0.4 is 10.5 Å². The second-order valence-electron chi connectivity index (χ2n) is 6.92. The van der Waals surface area contributed by atoms with Gasteiger partial charge < -0.3 is 9.88 Å². The first-order valence-electron chi connectivity index (χ1n) is 9.05. The highest BCUT2D eigenvalue weighted by Gasteiger charge is 2.15. The molecule has 1 fully saturated rings. The van der Waals surface area contributed by atoms with Crippen LogP contribution in [-0.4, -0.2) is 40.0 Å². The van der Waals surface area contributed by atoms with Crippen molar-refractivity contribution in [1.82, 2.24) is 19.9 Å². The second-order valence-corrected chi connectivity index (χ2v) is 6.92. The van der Waals surface area contributed by atoms with Gasteiger partial charge in [-0.2, -0.15) is 0 Å². The summed E-state index contributed by atoms with van der Waals surface area (Å²) in [4.78, 5) is 28.4. The van der Waals surface area contributed by atoms with Gasteiger partial charge in [0.25, 0.3) is 0 Å². The summed E-state index contributed by atoms with van der Waals surface area (Å²) >= 11 is 0. The third-order valence-electron chi connectivity index (χ3n) is 4.80. The Labute approximate surface area is 152 Å². The summed E-state index contributed by atoms with van der Waals surface area (Å²) in [6.45, 7) is 3.48. The van der Waals surface area contributed by atoms with Crippen molar-refractivity contribution < 1.29 is 0 Å². The molecule has 134 valence electrons. The number of pyridine rings is 1. The van der Waals surface area contributed by atoms with Crippen molar-refractivity contribution in [3.05, 3.63) is 64.2 Å². The normalized spacial score (nSPS) is 14.5. The Morgan fingerprint density at radius 3 is 2.81 bits per heavy atom. The van der Waals surface area contributed by atoms with Gasteiger partial charge in [-0.3, -0.25) is 9.69 Å². The average Bonchev–Trinajstić information content (AvgIpc) is 3.16. The molecule has 0 atom stereocenters. The summed E-state index contributed by atoms with van der Waals surface area (Å²) in [7, 11) is 2.05. The molecule has 0 spiro atoms. The zero-order valence-electron chi connectivity index (χ0n) is 15.0. The van der Waals surface area contributed by atoms with E-state index in [0.717, 1.165) is 41.2 Å². The van der Waals surface area contributed by atoms with Gasteiger partial charge in [0.1, 0.15) is 0 Å². The number of para-hydroxylation sites is 1. The van der Waals surface area contributed by atoms with E-state index in [0.29, 0.717) is 13.1 Å². The van der Waals surface area contributed by atoms with Crippen LogP contribution in [0.15, 0.2) is 47.4 Å². The van der Waals surface area contributed by atoms with Crippen molar-refractivity contribution in [3.63, 3.8) is 0 Å². The number of aromatic nitrogens is 3. The number of nitrogens with zero attached hydrogens (tertiary/aromatic N) is 4. The number of rotatable bonds is 5. The van der Waals surface area contributed by atoms with Crippen molar-refractivity contribution >= 4 is 16.9 Å². The van der Waals surface area contributed by atoms with Gasteiger partial charge in [-0.05, 0) is 37.6 Å². The fourth-order valence-corrected chi connectivity index (χ4v) is 3.57. The van der Waals surface area contributed by atoms with E-state index in [1.54, 1.807) is 6.07 Å². The number of H-pyrrole nitrogens is 1. The fraction of sp³-hybridized carbons (Fsp3) is 0.350. The minimum absolute atomic E-state index is 0.0644. The largest absolute Gasteiger partial charge is 0.341 e. The first-order valence-corrected chi connectivity index (χ1v) is 9.05. The van der Waals surface area contributed by atoms with E-state index in [1.165, 1.54) is 12.8 Å². The maximum absolute atomic E-state index is 11.9. The predicted octanol–water partition coefficient (Wildman–Crippen LogP) is 2.55. The van der Waals surface area contributed by atoms with Gasteiger partial charge in [0.15, 0.2) is 0 Å². The molecular weight excluding hydrogens is 326 g/mol. The number of benzene rings is 1. The first kappa shape index (κ1) is 16.7. The molecule has 0 radical (unpaired) electrons. The van der Waals surface area contributed by atoms with Crippen molar-refractivity contribution in [2.75, 3.05) is 25.0 Å². The summed E-state index contributed by atoms with van der Waals surface area (Å²) in [6.07, 6.45) is 4.26. The van der Waals surface area contributed by atoms with E-state index in [2.05, 4.69) is 19.8 Å². The van der Waals surface area contributed by atoms with E-state index in [9.17, 15) is 4.79 Å². The van der Waals surface area contributed by atoms with E-state index in [1.807, 2.05) is 43.6 Å². The van der Waals surface area contributed by atoms with Crippen LogP contribution >= 0.6 is 0 Å². The molecule has 0 amide bonds. The maximum atomic E-state index is 11.9. The van der Waals surface area contributed by atoms with E-state index >= 15 is 0 Å². The number of hydrogen-bond donors (Lipinski definition) is 1. The van der Waals surface area contributed by atoms with Crippen molar-refractivity contribution in [1.29, 1.82) is 0 Å². The Balaban J connectivity index is 1.52. The lowest BCUT2D eigenvalue weighted by Gasteiger charge is -2.19. The molecular formula is C20H23N5O. The highest BCUT2D eigenvalue weighted by Crippen LogP contribution is 2.18. The standard InChI is InChI=1S/C20H23N5O/c1-24(13-15-12-19(26)23-18-7-3-2-6-17(15)18)14-16-8-9-21-20(22-16)25-10-4-5-11-25/h2-3,6-9,12H,4-5,10-11,13-14H2,1H3,(H,23,26). The Kier molecular flexibility index (Phi) is 4.67. The summed E-state index contributed by atoms with van der Waals surface area (Å²) in [5.41, 5.74) is 2.84. The smallest absolute Gasteiger partial charge is 0.248 e. The molecule has 4 rings (SSSR count). The summed E-state index contributed by atoms with van der Waals surface area (Å²) < 4.78 is 0. The lowest BCUT2D eigenvalue weighted by molar-refractivity contribution is 0.316. The Hall–Kier alpha value is -2.73. The minimum Gasteiger partial charge on any atom is -0.341 e. The monoisotopic (exact) mass is 349 g/mol. The summed E-state index contributed by atoms with van der Waals surface area (Å²) in [5.74, 6) is 0.829. The Bertz CT molecular complexity index is 962. The van der Waals surface area contributed by atoms with E-state index in [-0.39, 0.29) is 5.56 Å². The summed E-state index contributed by atoms with van der Waals surface area (Å²) in [6, 6.07) is 11.6. The maximum Gasteiger partial charge on any atom is 0.248 e. The number of fused-ring (bicyclic) bond motifs is 1. The van der Waals surface area contributed by atoms with E-state index < -0.39 is 0 Å². The van der Waals surface area contributed by atoms with Crippen molar-refractivity contribution in [3.8, 4) is 0 Å². The van der Waals surface area contributed by atoms with Gasteiger partial charge in [-0.1, -0.05) is 18.2 Å². The lowest BCUT2D eigenvalue weighted by Crippen LogP contribution is -2.23. The molecule has 3 heterocycles. The molecule has 0 saturated carbocycles. The average molecular weight is 349 g/mol. The molecule has 1 aliphatic rings. The van der Waals surface area contributed by atoms with Gasteiger partial charge in [0.2, 0.25) is 11.5 Å². The number of aromatic amines is 1. The molecule has 1 aliphatic heterocycles. The summed E-state index contributed by atoms with van der Waals surface area (Å²) in [5, 5.41) is 1.08. The van der Waals surface area contributed by atoms with E-state index in [4.69, 9.17) is 4.98 Å². The molecule has 1 aromatic carbocycles. The molecule has 0 aliphatic carbocycles. The lowest BCUT2D eigenvalue weighted by atomic mass is 10.1. The third kappa shape index (κ3) is 3.60. The molecule has 1 saturated heterocycles. The topological polar surface area (TPSA) is 65.1 Å². The zero-order valence-corrected chi connectivity index (χ0v) is 15.0. The molecule has 2 aromatic heterocycles. The van der Waals surface area contributed by atoms with Gasteiger partial charge in [-0.15, -0.1) is 0 Å². The Morgan fingerprint density at radius 1 is 1.15 bits per heavy atom. The molecule has 3 aromatic rings. The van der Waals surface area contributed by atoms with Crippen molar-refractivity contribution in [2.24, 2.45) is 0 Å². The van der Waals surface area contributed by atoms with Crippen LogP contribution in [0.5, 0.6) is 0 Å². The van der Waals surface area contributed by atoms with Gasteiger partial charge in [0.05, 0.1) is 5.69 Å². The van der Waals surface area contributed by atoms with Crippen LogP contribution in [0, 0.1) is 0 Å². The van der Waals surface area contributed by atoms with Crippen LogP contribution in [0.1, 0.15) is 24.1 Å². The molecule has 0 unspecified atom stereocenters. The molecule has 6 heteroatoms. The molecule has 6 nitrogen and oxygen atoms in total. The molecule has 26 heavy (non-hydrogen) atoms. The van der Waals surface area contributed by atoms with Crippen LogP contribution in [0.4, 0.5) is 5.95 Å². The van der Waals surface area contributed by atoms with Crippen LogP contribution in [0.25, 0.3) is 10.9 Å². The highest BCUT2D eigenvalue weighted by molar-refractivity contribution is 5.81. The van der Waals surface area contributed by atoms with Crippen LogP contribution in [-0.2, 0) is 13.1 Å². The number of anilines is 1. The van der Waals surface area contributed by atoms with Gasteiger partial charge in [-0.25, -0.2) is 9.97 Å². The minimum atomic E-state index is -0.0644. The number of hydrogen-bond acceptors (Lipinski definition) is 5. The highest BCUT2D eigenvalue weighted by atomic mass is 16.1. The Morgan fingerprint density at radius 2 is 1.96 bits per heavy atom. The first-order chi connectivity index (χ1) is 12.7. The fourth-order valence-electron chi connectivity index (χ4n) is 3.57. The third-order valence-corrected chi connectivity index (χ3v) is 4.80. The molecule has 0 bridgehead atoms. The number of nitrogens with one attached hydrogen (secondary N) is 1. The molecule has 1 N–H and O–H groups in total. The SMILES string of the molecule is CN(Cc1ccnc(N2CCCC2)n1)Cc1cc(=O)[nH]c2ccccc12. The van der Waals surface area contributed by atoms with Crippen molar-refractivity contribution in [2.45, 2.75) is 25.9 Å². The van der Waals surface area contributed by atoms with Gasteiger partial charge in [0, 0.05) is 49.3 Å². The predicted molar refractivity (Wildman–Crippen MR) is 103 cm³/mol. The van der Waals surface area contributed by atoms with Crippen LogP contribution in [0.3, 0.4) is 0 Å². The quantitative estimate of drug-likeness (QED) is 0.767. The second kappa shape index (κ2) is 7.25. The van der Waals surface area contributed by atoms with Crippen LogP contribution in [0.2, 0.25) is 0 Å².